The zero-order valence-electron chi connectivity index (χ0n) is 8.42. The Labute approximate surface area is 96.1 Å². The van der Waals surface area contributed by atoms with Crippen molar-refractivity contribution in [3.63, 3.8) is 0 Å². The third kappa shape index (κ3) is 1.78. The highest BCUT2D eigenvalue weighted by atomic mass is 35.5. The van der Waals surface area contributed by atoms with Gasteiger partial charge in [-0.3, -0.25) is 0 Å². The lowest BCUT2D eigenvalue weighted by molar-refractivity contribution is -0.138. The van der Waals surface area contributed by atoms with Crippen molar-refractivity contribution in [2.24, 2.45) is 0 Å². The first-order chi connectivity index (χ1) is 7.41. The molecule has 0 amide bonds. The Morgan fingerprint density at radius 3 is 2.62 bits per heavy atom. The Morgan fingerprint density at radius 1 is 1.31 bits per heavy atom. The van der Waals surface area contributed by atoms with Gasteiger partial charge in [0.25, 0.3) is 0 Å². The first kappa shape index (κ1) is 11.3. The summed E-state index contributed by atoms with van der Waals surface area (Å²) in [5.41, 5.74) is -0.798. The van der Waals surface area contributed by atoms with Gasteiger partial charge in [0.05, 0.1) is 5.56 Å². The van der Waals surface area contributed by atoms with Crippen LogP contribution in [0.2, 0.25) is 0 Å². The van der Waals surface area contributed by atoms with Crippen LogP contribution in [0, 0.1) is 0 Å². The van der Waals surface area contributed by atoms with Crippen molar-refractivity contribution in [3.8, 4) is 0 Å². The fraction of sp³-hybridized carbons (Fsp3) is 0.273. The molecule has 2 rings (SSSR count). The van der Waals surface area contributed by atoms with Crippen molar-refractivity contribution < 1.29 is 13.2 Å². The summed E-state index contributed by atoms with van der Waals surface area (Å²) in [6, 6.07) is 4.07. The Morgan fingerprint density at radius 2 is 2.00 bits per heavy atom. The van der Waals surface area contributed by atoms with Gasteiger partial charge in [0, 0.05) is 18.8 Å². The molecule has 1 aliphatic heterocycles. The third-order valence-corrected chi connectivity index (χ3v) is 3.06. The summed E-state index contributed by atoms with van der Waals surface area (Å²) in [6.07, 6.45) is -1.08. The number of hydrogen-bond donors (Lipinski definition) is 0. The molecule has 0 saturated heterocycles. The number of fused-ring (bicyclic) bond motifs is 1. The van der Waals surface area contributed by atoms with Crippen molar-refractivity contribution >= 4 is 17.7 Å². The highest BCUT2D eigenvalue weighted by Gasteiger charge is 2.37. The Hall–Kier alpha value is -1.16. The van der Waals surface area contributed by atoms with E-state index in [1.807, 2.05) is 0 Å². The molecule has 16 heavy (non-hydrogen) atoms. The fourth-order valence-corrected chi connectivity index (χ4v) is 2.03. The van der Waals surface area contributed by atoms with E-state index in [-0.39, 0.29) is 5.56 Å². The molecule has 0 radical (unpaired) electrons. The zero-order valence-corrected chi connectivity index (χ0v) is 9.18. The fourth-order valence-electron chi connectivity index (χ4n) is 1.72. The third-order valence-electron chi connectivity index (χ3n) is 2.53. The first-order valence-electron chi connectivity index (χ1n) is 4.65. The standard InChI is InChI=1S/C11H9ClF3N/c1-16-6-5-7-3-2-4-8(11(13,14)15)9(7)10(16)12/h2-6,10H,1H3. The van der Waals surface area contributed by atoms with Gasteiger partial charge in [-0.15, -0.1) is 0 Å². The van der Waals surface area contributed by atoms with E-state index in [2.05, 4.69) is 0 Å². The van der Waals surface area contributed by atoms with E-state index in [0.717, 1.165) is 6.07 Å². The van der Waals surface area contributed by atoms with Gasteiger partial charge >= 0.3 is 6.18 Å². The van der Waals surface area contributed by atoms with Gasteiger partial charge in [-0.25, -0.2) is 0 Å². The van der Waals surface area contributed by atoms with Crippen LogP contribution in [0.25, 0.3) is 6.08 Å². The molecule has 1 unspecified atom stereocenters. The normalized spacial score (nSPS) is 19.8. The molecule has 0 spiro atoms. The summed E-state index contributed by atoms with van der Waals surface area (Å²) in [5, 5.41) is 0. The van der Waals surface area contributed by atoms with Gasteiger partial charge in [0.2, 0.25) is 0 Å². The van der Waals surface area contributed by atoms with Gasteiger partial charge in [0.1, 0.15) is 5.50 Å². The van der Waals surface area contributed by atoms with E-state index in [9.17, 15) is 13.2 Å². The summed E-state index contributed by atoms with van der Waals surface area (Å²) in [6.45, 7) is 0. The molecule has 1 aromatic carbocycles. The molecule has 1 atom stereocenters. The predicted octanol–water partition coefficient (Wildman–Crippen LogP) is 3.86. The van der Waals surface area contributed by atoms with Crippen molar-refractivity contribution in [2.45, 2.75) is 11.7 Å². The second kappa shape index (κ2) is 3.70. The molecule has 1 aromatic rings. The quantitative estimate of drug-likeness (QED) is 0.497. The maximum absolute atomic E-state index is 12.8. The number of nitrogens with zero attached hydrogens (tertiary/aromatic N) is 1. The lowest BCUT2D eigenvalue weighted by Gasteiger charge is -2.29. The lowest BCUT2D eigenvalue weighted by Crippen LogP contribution is -2.22. The zero-order chi connectivity index (χ0) is 11.9. The second-order valence-corrected chi connectivity index (χ2v) is 4.04. The summed E-state index contributed by atoms with van der Waals surface area (Å²) >= 11 is 5.98. The summed E-state index contributed by atoms with van der Waals surface area (Å²) in [5.74, 6) is 0. The predicted molar refractivity (Wildman–Crippen MR) is 56.8 cm³/mol. The second-order valence-electron chi connectivity index (χ2n) is 3.62. The molecule has 1 heterocycles. The smallest absolute Gasteiger partial charge is 0.361 e. The molecule has 1 nitrogen and oxygen atoms in total. The van der Waals surface area contributed by atoms with E-state index in [4.69, 9.17) is 11.6 Å². The highest BCUT2D eigenvalue weighted by molar-refractivity contribution is 6.21. The Kier molecular flexibility index (Phi) is 2.62. The van der Waals surface area contributed by atoms with Crippen molar-refractivity contribution in [1.29, 1.82) is 0 Å². The SMILES string of the molecule is CN1C=Cc2cccc(C(F)(F)F)c2C1Cl. The van der Waals surface area contributed by atoms with E-state index < -0.39 is 17.2 Å². The molecule has 0 bridgehead atoms. The van der Waals surface area contributed by atoms with Gasteiger partial charge < -0.3 is 4.90 Å². The van der Waals surface area contributed by atoms with Crippen molar-refractivity contribution in [3.05, 3.63) is 41.1 Å². The molecule has 0 N–H and O–H groups in total. The molecule has 86 valence electrons. The molecular formula is C11H9ClF3N. The van der Waals surface area contributed by atoms with Crippen LogP contribution >= 0.6 is 11.6 Å². The average molecular weight is 248 g/mol. The van der Waals surface area contributed by atoms with Crippen LogP contribution in [0.4, 0.5) is 13.2 Å². The largest absolute Gasteiger partial charge is 0.416 e. The minimum atomic E-state index is -4.37. The van der Waals surface area contributed by atoms with Crippen LogP contribution in [0.3, 0.4) is 0 Å². The van der Waals surface area contributed by atoms with Crippen molar-refractivity contribution in [2.75, 3.05) is 7.05 Å². The monoisotopic (exact) mass is 247 g/mol. The van der Waals surface area contributed by atoms with Crippen LogP contribution in [0.15, 0.2) is 24.4 Å². The summed E-state index contributed by atoms with van der Waals surface area (Å²) < 4.78 is 38.3. The number of rotatable bonds is 0. The van der Waals surface area contributed by atoms with Crippen LogP contribution in [-0.2, 0) is 6.18 Å². The molecule has 0 aliphatic carbocycles. The van der Waals surface area contributed by atoms with Gasteiger partial charge in [-0.1, -0.05) is 23.7 Å². The molecule has 0 aromatic heterocycles. The minimum Gasteiger partial charge on any atom is -0.361 e. The molecule has 1 aliphatic rings. The maximum Gasteiger partial charge on any atom is 0.416 e. The number of hydrogen-bond acceptors (Lipinski definition) is 1. The number of alkyl halides is 4. The van der Waals surface area contributed by atoms with E-state index >= 15 is 0 Å². The lowest BCUT2D eigenvalue weighted by atomic mass is 9.98. The van der Waals surface area contributed by atoms with E-state index in [1.165, 1.54) is 6.07 Å². The van der Waals surface area contributed by atoms with E-state index in [0.29, 0.717) is 5.56 Å². The highest BCUT2D eigenvalue weighted by Crippen LogP contribution is 2.41. The number of benzene rings is 1. The molecule has 0 saturated carbocycles. The summed E-state index contributed by atoms with van der Waals surface area (Å²) in [4.78, 5) is 1.54. The van der Waals surface area contributed by atoms with Crippen molar-refractivity contribution in [1.82, 2.24) is 4.90 Å². The number of halogens is 4. The van der Waals surface area contributed by atoms with Gasteiger partial charge in [0.15, 0.2) is 0 Å². The molecular weight excluding hydrogens is 239 g/mol. The minimum absolute atomic E-state index is 0.127. The Bertz CT molecular complexity index is 439. The first-order valence-corrected chi connectivity index (χ1v) is 5.09. The average Bonchev–Trinajstić information content (AvgIpc) is 2.21. The van der Waals surface area contributed by atoms with Crippen LogP contribution in [-0.4, -0.2) is 11.9 Å². The van der Waals surface area contributed by atoms with Crippen LogP contribution in [0.5, 0.6) is 0 Å². The Balaban J connectivity index is 2.63. The maximum atomic E-state index is 12.8. The van der Waals surface area contributed by atoms with Gasteiger partial charge in [-0.2, -0.15) is 13.2 Å². The van der Waals surface area contributed by atoms with Crippen LogP contribution in [0.1, 0.15) is 22.2 Å². The summed E-state index contributed by atoms with van der Waals surface area (Å²) in [7, 11) is 1.64. The molecule has 0 fully saturated rings. The topological polar surface area (TPSA) is 3.24 Å². The molecule has 5 heteroatoms. The van der Waals surface area contributed by atoms with Gasteiger partial charge in [-0.05, 0) is 17.7 Å². The van der Waals surface area contributed by atoms with E-state index in [1.54, 1.807) is 30.3 Å². The van der Waals surface area contributed by atoms with Crippen LogP contribution < -0.4 is 0 Å².